The number of likely N-dealkylation sites (tertiary alicyclic amines) is 1. The number of nitrogens with zero attached hydrogens (tertiary/aromatic N) is 2. The van der Waals surface area contributed by atoms with E-state index in [1.807, 2.05) is 31.9 Å². The highest BCUT2D eigenvalue weighted by Gasteiger charge is 2.47. The Labute approximate surface area is 230 Å². The number of alkyl carbamates (subject to hydrolysis) is 1. The SMILES string of the molecule is CON1C(C)(C)CC(NC(=O)[C@H]2CCCN2C(=O)C/C=C/[C@H](CC(C)C)NC(=O)OC(C)(C)C)CC1(C)C. The molecule has 0 aromatic heterocycles. The second kappa shape index (κ2) is 12.8. The summed E-state index contributed by atoms with van der Waals surface area (Å²) in [4.78, 5) is 46.1. The van der Waals surface area contributed by atoms with Crippen LogP contribution in [0.5, 0.6) is 0 Å². The highest BCUT2D eigenvalue weighted by molar-refractivity contribution is 5.88. The Balaban J connectivity index is 1.98. The van der Waals surface area contributed by atoms with Gasteiger partial charge < -0.3 is 25.1 Å². The number of carbonyl (C=O) groups excluding carboxylic acids is 3. The normalized spacial score (nSPS) is 23.0. The zero-order valence-electron chi connectivity index (χ0n) is 25.3. The van der Waals surface area contributed by atoms with E-state index in [0.717, 1.165) is 25.7 Å². The van der Waals surface area contributed by atoms with Gasteiger partial charge in [0.25, 0.3) is 0 Å². The van der Waals surface area contributed by atoms with E-state index in [9.17, 15) is 14.4 Å². The van der Waals surface area contributed by atoms with E-state index in [2.05, 4.69) is 52.2 Å². The monoisotopic (exact) mass is 536 g/mol. The van der Waals surface area contributed by atoms with E-state index in [1.165, 1.54) is 0 Å². The number of nitrogens with one attached hydrogen (secondary N) is 2. The van der Waals surface area contributed by atoms with Crippen LogP contribution in [0, 0.1) is 5.92 Å². The summed E-state index contributed by atoms with van der Waals surface area (Å²) in [7, 11) is 1.69. The summed E-state index contributed by atoms with van der Waals surface area (Å²) in [5.74, 6) is 0.202. The van der Waals surface area contributed by atoms with Crippen LogP contribution in [-0.2, 0) is 19.2 Å². The van der Waals surface area contributed by atoms with E-state index in [4.69, 9.17) is 9.57 Å². The third-order valence-corrected chi connectivity index (χ3v) is 7.08. The van der Waals surface area contributed by atoms with Crippen LogP contribution in [0.1, 0.15) is 101 Å². The number of piperidine rings is 1. The fraction of sp³-hybridized carbons (Fsp3) is 0.828. The molecule has 0 aromatic carbocycles. The lowest BCUT2D eigenvalue weighted by Crippen LogP contribution is -2.64. The van der Waals surface area contributed by atoms with Crippen molar-refractivity contribution in [3.05, 3.63) is 12.2 Å². The molecule has 2 fully saturated rings. The third-order valence-electron chi connectivity index (χ3n) is 7.08. The first-order valence-electron chi connectivity index (χ1n) is 14.1. The molecule has 2 heterocycles. The van der Waals surface area contributed by atoms with Gasteiger partial charge in [0.15, 0.2) is 0 Å². The average Bonchev–Trinajstić information content (AvgIpc) is 3.20. The molecule has 2 saturated heterocycles. The van der Waals surface area contributed by atoms with Crippen molar-refractivity contribution >= 4 is 17.9 Å². The highest BCUT2D eigenvalue weighted by Crippen LogP contribution is 2.38. The molecule has 218 valence electrons. The molecular weight excluding hydrogens is 484 g/mol. The lowest BCUT2D eigenvalue weighted by molar-refractivity contribution is -0.267. The van der Waals surface area contributed by atoms with Crippen molar-refractivity contribution < 1.29 is 24.0 Å². The predicted octanol–water partition coefficient (Wildman–Crippen LogP) is 4.56. The molecule has 0 radical (unpaired) electrons. The summed E-state index contributed by atoms with van der Waals surface area (Å²) in [6, 6.07) is -0.680. The van der Waals surface area contributed by atoms with Gasteiger partial charge in [0.05, 0.1) is 13.2 Å². The first kappa shape index (κ1) is 32.1. The number of rotatable bonds is 9. The van der Waals surface area contributed by atoms with E-state index < -0.39 is 17.7 Å². The van der Waals surface area contributed by atoms with E-state index >= 15 is 0 Å². The van der Waals surface area contributed by atoms with Gasteiger partial charge in [-0.1, -0.05) is 26.0 Å². The van der Waals surface area contributed by atoms with Crippen molar-refractivity contribution in [2.75, 3.05) is 13.7 Å². The molecular formula is C29H52N4O5. The largest absolute Gasteiger partial charge is 0.444 e. The minimum absolute atomic E-state index is 0.00654. The molecule has 3 amide bonds. The van der Waals surface area contributed by atoms with Crippen molar-refractivity contribution in [2.45, 2.75) is 136 Å². The van der Waals surface area contributed by atoms with Gasteiger partial charge in [0.2, 0.25) is 11.8 Å². The number of ether oxygens (including phenoxy) is 1. The highest BCUT2D eigenvalue weighted by atomic mass is 16.7. The maximum Gasteiger partial charge on any atom is 0.408 e. The maximum absolute atomic E-state index is 13.3. The van der Waals surface area contributed by atoms with E-state index in [1.54, 1.807) is 18.1 Å². The number of hydrogen-bond donors (Lipinski definition) is 2. The fourth-order valence-corrected chi connectivity index (χ4v) is 6.10. The van der Waals surface area contributed by atoms with Crippen LogP contribution in [0.3, 0.4) is 0 Å². The molecule has 9 heteroatoms. The molecule has 2 rings (SSSR count). The third kappa shape index (κ3) is 9.26. The second-order valence-electron chi connectivity index (χ2n) is 13.5. The van der Waals surface area contributed by atoms with Crippen molar-refractivity contribution in [1.29, 1.82) is 0 Å². The van der Waals surface area contributed by atoms with Crippen molar-refractivity contribution in [1.82, 2.24) is 20.6 Å². The standard InChI is InChI=1S/C29H52N4O5/c1-20(2)17-21(31-26(36)38-27(3,4)5)13-11-15-24(34)32-16-12-14-23(32)25(35)30-22-18-28(6,7)33(37-10)29(8,9)19-22/h11,13,20-23H,12,14-19H2,1-10H3,(H,30,35)(H,31,36)/b13-11+/t21-,23-/m1/s1. The molecule has 0 aliphatic carbocycles. The van der Waals surface area contributed by atoms with E-state index in [0.29, 0.717) is 18.9 Å². The summed E-state index contributed by atoms with van der Waals surface area (Å²) in [6.07, 6.45) is 7.10. The van der Waals surface area contributed by atoms with Crippen LogP contribution in [0.25, 0.3) is 0 Å². The van der Waals surface area contributed by atoms with Crippen LogP contribution < -0.4 is 10.6 Å². The zero-order chi connectivity index (χ0) is 28.9. The van der Waals surface area contributed by atoms with Crippen LogP contribution in [0.15, 0.2) is 12.2 Å². The Hall–Kier alpha value is -2.13. The van der Waals surface area contributed by atoms with Crippen molar-refractivity contribution in [3.8, 4) is 0 Å². The molecule has 9 nitrogen and oxygen atoms in total. The van der Waals surface area contributed by atoms with Gasteiger partial charge >= 0.3 is 6.09 Å². The Morgan fingerprint density at radius 3 is 2.21 bits per heavy atom. The summed E-state index contributed by atoms with van der Waals surface area (Å²) >= 11 is 0. The Bertz CT molecular complexity index is 844. The molecule has 0 bridgehead atoms. The molecule has 2 aliphatic heterocycles. The molecule has 0 aromatic rings. The number of amides is 3. The molecule has 0 spiro atoms. The summed E-state index contributed by atoms with van der Waals surface area (Å²) < 4.78 is 5.39. The molecule has 0 unspecified atom stereocenters. The summed E-state index contributed by atoms with van der Waals surface area (Å²) in [6.45, 7) is 18.7. The minimum atomic E-state index is -0.580. The quantitative estimate of drug-likeness (QED) is 0.419. The lowest BCUT2D eigenvalue weighted by Gasteiger charge is -2.53. The van der Waals surface area contributed by atoms with Crippen molar-refractivity contribution in [2.24, 2.45) is 5.92 Å². The number of hydroxylamine groups is 2. The van der Waals surface area contributed by atoms with Gasteiger partial charge in [-0.05, 0) is 86.5 Å². The molecule has 2 aliphatic rings. The van der Waals surface area contributed by atoms with Crippen LogP contribution in [-0.4, -0.2) is 76.3 Å². The van der Waals surface area contributed by atoms with E-state index in [-0.39, 0.29) is 41.4 Å². The topological polar surface area (TPSA) is 100 Å². The number of carbonyl (C=O) groups is 3. The first-order valence-corrected chi connectivity index (χ1v) is 14.1. The Morgan fingerprint density at radius 1 is 1.08 bits per heavy atom. The molecule has 2 N–H and O–H groups in total. The average molecular weight is 537 g/mol. The number of hydrogen-bond acceptors (Lipinski definition) is 6. The van der Waals surface area contributed by atoms with Crippen LogP contribution in [0.2, 0.25) is 0 Å². The summed E-state index contributed by atoms with van der Waals surface area (Å²) in [5, 5.41) is 8.15. The molecule has 38 heavy (non-hydrogen) atoms. The zero-order valence-corrected chi connectivity index (χ0v) is 25.3. The lowest BCUT2D eigenvalue weighted by atomic mass is 9.79. The van der Waals surface area contributed by atoms with Gasteiger partial charge in [-0.15, -0.1) is 0 Å². The second-order valence-corrected chi connectivity index (χ2v) is 13.5. The predicted molar refractivity (Wildman–Crippen MR) is 149 cm³/mol. The first-order chi connectivity index (χ1) is 17.4. The smallest absolute Gasteiger partial charge is 0.408 e. The molecule has 2 atom stereocenters. The van der Waals surface area contributed by atoms with Gasteiger partial charge in [0, 0.05) is 30.1 Å². The van der Waals surface area contributed by atoms with Gasteiger partial charge in [0.1, 0.15) is 11.6 Å². The van der Waals surface area contributed by atoms with Crippen LogP contribution in [0.4, 0.5) is 4.79 Å². The maximum atomic E-state index is 13.3. The van der Waals surface area contributed by atoms with Crippen LogP contribution >= 0.6 is 0 Å². The van der Waals surface area contributed by atoms with Gasteiger partial charge in [-0.25, -0.2) is 4.79 Å². The Morgan fingerprint density at radius 2 is 1.68 bits per heavy atom. The van der Waals surface area contributed by atoms with Crippen molar-refractivity contribution in [3.63, 3.8) is 0 Å². The van der Waals surface area contributed by atoms with Gasteiger partial charge in [-0.3, -0.25) is 9.59 Å². The molecule has 0 saturated carbocycles. The fourth-order valence-electron chi connectivity index (χ4n) is 6.10. The van der Waals surface area contributed by atoms with Gasteiger partial charge in [-0.2, -0.15) is 5.06 Å². The Kier molecular flexibility index (Phi) is 10.8. The summed E-state index contributed by atoms with van der Waals surface area (Å²) in [5.41, 5.74) is -1.04. The minimum Gasteiger partial charge on any atom is -0.444 e.